The highest BCUT2D eigenvalue weighted by Crippen LogP contribution is 2.27. The van der Waals surface area contributed by atoms with Gasteiger partial charge in [0.25, 0.3) is 0 Å². The Balaban J connectivity index is 2.39. The summed E-state index contributed by atoms with van der Waals surface area (Å²) in [6.07, 6.45) is -0.0973. The van der Waals surface area contributed by atoms with Crippen LogP contribution < -0.4 is 0 Å². The Hall–Kier alpha value is -2.33. The third-order valence-electron chi connectivity index (χ3n) is 3.22. The van der Waals surface area contributed by atoms with E-state index in [2.05, 4.69) is 27.0 Å². The predicted molar refractivity (Wildman–Crippen MR) is 75.4 cm³/mol. The van der Waals surface area contributed by atoms with Gasteiger partial charge in [0.2, 0.25) is 5.78 Å². The molecule has 1 aromatic carbocycles. The molecule has 6 nitrogen and oxygen atoms in total. The van der Waals surface area contributed by atoms with Gasteiger partial charge in [0.1, 0.15) is 4.60 Å². The van der Waals surface area contributed by atoms with Crippen molar-refractivity contribution in [3.05, 3.63) is 34.1 Å². The average Bonchev–Trinajstić information content (AvgIpc) is 2.90. The van der Waals surface area contributed by atoms with Crippen molar-refractivity contribution in [3.8, 4) is 6.07 Å². The summed E-state index contributed by atoms with van der Waals surface area (Å²) in [5, 5.41) is 17.9. The molecule has 0 aliphatic heterocycles. The Morgan fingerprint density at radius 2 is 2.30 bits per heavy atom. The number of fused-ring (bicyclic) bond motifs is 3. The van der Waals surface area contributed by atoms with E-state index in [1.54, 1.807) is 29.8 Å². The fourth-order valence-electron chi connectivity index (χ4n) is 2.27. The number of imidazole rings is 2. The monoisotopic (exact) mass is 332 g/mol. The van der Waals surface area contributed by atoms with E-state index in [0.29, 0.717) is 21.6 Å². The zero-order valence-electron chi connectivity index (χ0n) is 10.5. The third kappa shape index (κ3) is 1.69. The van der Waals surface area contributed by atoms with Gasteiger partial charge in [-0.15, -0.1) is 0 Å². The number of nitrogens with zero attached hydrogens (tertiary/aromatic N) is 4. The molecule has 0 atom stereocenters. The summed E-state index contributed by atoms with van der Waals surface area (Å²) >= 11 is 3.43. The van der Waals surface area contributed by atoms with Crippen molar-refractivity contribution in [3.63, 3.8) is 0 Å². The van der Waals surface area contributed by atoms with Crippen LogP contribution in [0, 0.1) is 11.3 Å². The number of hydrogen-bond donors (Lipinski definition) is 1. The van der Waals surface area contributed by atoms with Gasteiger partial charge in [-0.25, -0.2) is 4.98 Å². The van der Waals surface area contributed by atoms with Crippen LogP contribution in [0.3, 0.4) is 0 Å². The molecule has 2 aromatic heterocycles. The number of carbonyl (C=O) groups is 1. The first-order valence-corrected chi connectivity index (χ1v) is 6.59. The summed E-state index contributed by atoms with van der Waals surface area (Å²) in [6, 6.07) is 7.32. The van der Waals surface area contributed by atoms with Crippen molar-refractivity contribution in [2.45, 2.75) is 6.42 Å². The van der Waals surface area contributed by atoms with E-state index in [4.69, 9.17) is 10.4 Å². The summed E-state index contributed by atoms with van der Waals surface area (Å²) < 4.78 is 4.20. The van der Waals surface area contributed by atoms with Gasteiger partial charge >= 0.3 is 5.97 Å². The molecule has 0 fully saturated rings. The molecule has 3 aromatic rings. The SMILES string of the molecule is Cn1c(CC(=O)O)c(Br)n2c3cc(C#N)ccc3nc12. The molecule has 1 N–H and O–H groups in total. The number of aryl methyl sites for hydroxylation is 1. The van der Waals surface area contributed by atoms with Crippen molar-refractivity contribution < 1.29 is 9.90 Å². The van der Waals surface area contributed by atoms with Crippen LogP contribution in [0.25, 0.3) is 16.8 Å². The number of hydrogen-bond acceptors (Lipinski definition) is 3. The Morgan fingerprint density at radius 3 is 2.95 bits per heavy atom. The number of halogens is 1. The Labute approximate surface area is 122 Å². The van der Waals surface area contributed by atoms with Gasteiger partial charge in [-0.3, -0.25) is 9.20 Å². The highest BCUT2D eigenvalue weighted by molar-refractivity contribution is 9.10. The number of benzene rings is 1. The van der Waals surface area contributed by atoms with Crippen LogP contribution in [0.15, 0.2) is 22.8 Å². The Kier molecular flexibility index (Phi) is 2.76. The smallest absolute Gasteiger partial charge is 0.309 e. The first kappa shape index (κ1) is 12.7. The van der Waals surface area contributed by atoms with Crippen LogP contribution >= 0.6 is 15.9 Å². The second kappa shape index (κ2) is 4.35. The Morgan fingerprint density at radius 1 is 1.55 bits per heavy atom. The maximum absolute atomic E-state index is 10.9. The Bertz CT molecular complexity index is 901. The van der Waals surface area contributed by atoms with E-state index in [1.807, 2.05) is 4.40 Å². The lowest BCUT2D eigenvalue weighted by atomic mass is 10.2. The van der Waals surface area contributed by atoms with Crippen molar-refractivity contribution in [1.82, 2.24) is 14.0 Å². The molecule has 0 bridgehead atoms. The minimum absolute atomic E-state index is 0.0973. The molecule has 0 spiro atoms. The molecule has 2 heterocycles. The molecule has 0 saturated heterocycles. The van der Waals surface area contributed by atoms with Crippen molar-refractivity contribution in [2.75, 3.05) is 0 Å². The maximum Gasteiger partial charge on any atom is 0.309 e. The van der Waals surface area contributed by atoms with E-state index in [0.717, 1.165) is 11.0 Å². The molecular weight excluding hydrogens is 324 g/mol. The number of nitriles is 1. The van der Waals surface area contributed by atoms with E-state index >= 15 is 0 Å². The molecule has 0 aliphatic rings. The number of aromatic nitrogens is 3. The number of carboxylic acids is 1. The van der Waals surface area contributed by atoms with E-state index in [9.17, 15) is 4.79 Å². The van der Waals surface area contributed by atoms with E-state index < -0.39 is 5.97 Å². The topological polar surface area (TPSA) is 83.3 Å². The van der Waals surface area contributed by atoms with E-state index in [1.165, 1.54) is 0 Å². The van der Waals surface area contributed by atoms with Crippen LogP contribution in [0.1, 0.15) is 11.3 Å². The van der Waals surface area contributed by atoms with Crippen molar-refractivity contribution in [1.29, 1.82) is 5.26 Å². The maximum atomic E-state index is 10.9. The largest absolute Gasteiger partial charge is 0.481 e. The third-order valence-corrected chi connectivity index (χ3v) is 4.04. The summed E-state index contributed by atoms with van der Waals surface area (Å²) in [5.41, 5.74) is 2.70. The molecule has 0 saturated carbocycles. The van der Waals surface area contributed by atoms with Gasteiger partial charge in [0.05, 0.1) is 34.8 Å². The lowest BCUT2D eigenvalue weighted by Gasteiger charge is -1.99. The van der Waals surface area contributed by atoms with E-state index in [-0.39, 0.29) is 6.42 Å². The van der Waals surface area contributed by atoms with Gasteiger partial charge < -0.3 is 9.67 Å². The molecular formula is C13H9BrN4O2. The van der Waals surface area contributed by atoms with Crippen molar-refractivity contribution >= 4 is 38.7 Å². The van der Waals surface area contributed by atoms with Gasteiger partial charge in [-0.05, 0) is 34.1 Å². The van der Waals surface area contributed by atoms with Gasteiger partial charge in [-0.1, -0.05) is 0 Å². The molecule has 0 radical (unpaired) electrons. The fourth-order valence-corrected chi connectivity index (χ4v) is 3.03. The summed E-state index contributed by atoms with van der Waals surface area (Å²) in [6.45, 7) is 0. The van der Waals surface area contributed by atoms with Crippen molar-refractivity contribution in [2.24, 2.45) is 7.05 Å². The lowest BCUT2D eigenvalue weighted by Crippen LogP contribution is -2.05. The average molecular weight is 333 g/mol. The van der Waals surface area contributed by atoms with Crippen LogP contribution in [0.2, 0.25) is 0 Å². The summed E-state index contributed by atoms with van der Waals surface area (Å²) in [5.74, 6) is -0.269. The minimum Gasteiger partial charge on any atom is -0.481 e. The second-order valence-corrected chi connectivity index (χ2v) is 5.18. The molecule has 100 valence electrons. The summed E-state index contributed by atoms with van der Waals surface area (Å²) in [7, 11) is 1.77. The summed E-state index contributed by atoms with van der Waals surface area (Å²) in [4.78, 5) is 15.4. The van der Waals surface area contributed by atoms with Crippen LogP contribution in [-0.2, 0) is 18.3 Å². The standard InChI is InChI=1S/C13H9BrN4O2/c1-17-10(5-11(19)20)12(14)18-9-4-7(6-15)2-3-8(9)16-13(17)18/h2-4H,5H2,1H3,(H,19,20). The highest BCUT2D eigenvalue weighted by Gasteiger charge is 2.19. The second-order valence-electron chi connectivity index (χ2n) is 4.43. The first-order chi connectivity index (χ1) is 9.52. The molecule has 0 aliphatic carbocycles. The number of aliphatic carboxylic acids is 1. The highest BCUT2D eigenvalue weighted by atomic mass is 79.9. The predicted octanol–water partition coefficient (Wildman–Crippen LogP) is 2.09. The van der Waals surface area contributed by atoms with Crippen LogP contribution in [0.5, 0.6) is 0 Å². The minimum atomic E-state index is -0.906. The first-order valence-electron chi connectivity index (χ1n) is 5.80. The molecule has 20 heavy (non-hydrogen) atoms. The normalized spacial score (nSPS) is 11.1. The molecule has 3 rings (SSSR count). The van der Waals surface area contributed by atoms with Crippen LogP contribution in [0.4, 0.5) is 0 Å². The number of carboxylic acid groups (broad SMARTS) is 1. The molecule has 0 unspecified atom stereocenters. The zero-order valence-corrected chi connectivity index (χ0v) is 12.0. The quantitative estimate of drug-likeness (QED) is 0.778. The van der Waals surface area contributed by atoms with Crippen LogP contribution in [-0.4, -0.2) is 25.0 Å². The zero-order chi connectivity index (χ0) is 14.4. The number of rotatable bonds is 2. The molecule has 7 heteroatoms. The van der Waals surface area contributed by atoms with Gasteiger partial charge in [0.15, 0.2) is 0 Å². The lowest BCUT2D eigenvalue weighted by molar-refractivity contribution is -0.136. The van der Waals surface area contributed by atoms with Gasteiger partial charge in [0, 0.05) is 7.05 Å². The fraction of sp³-hybridized carbons (Fsp3) is 0.154. The van der Waals surface area contributed by atoms with Gasteiger partial charge in [-0.2, -0.15) is 5.26 Å². The molecule has 0 amide bonds.